The molecule has 4 nitrogen and oxygen atoms in total. The van der Waals surface area contributed by atoms with Crippen LogP contribution < -0.4 is 10.6 Å². The first kappa shape index (κ1) is 20.8. The van der Waals surface area contributed by atoms with Crippen molar-refractivity contribution in [2.45, 2.75) is 33.2 Å². The third-order valence-electron chi connectivity index (χ3n) is 5.04. The molecule has 2 rings (SSSR count). The largest absolute Gasteiger partial charge is 0.378 e. The second-order valence-electron chi connectivity index (χ2n) is 6.70. The van der Waals surface area contributed by atoms with Crippen molar-refractivity contribution in [2.75, 3.05) is 31.6 Å². The summed E-state index contributed by atoms with van der Waals surface area (Å²) in [7, 11) is 0. The number of rotatable bonds is 9. The second kappa shape index (κ2) is 10.6. The highest BCUT2D eigenvalue weighted by Crippen LogP contribution is 2.24. The van der Waals surface area contributed by atoms with Crippen molar-refractivity contribution in [3.05, 3.63) is 78.3 Å². The van der Waals surface area contributed by atoms with E-state index in [0.717, 1.165) is 44.1 Å². The summed E-state index contributed by atoms with van der Waals surface area (Å²) in [5, 5.41) is 6.84. The molecule has 0 saturated carbocycles. The Bertz CT molecular complexity index is 682. The molecular weight excluding hydrogens is 334 g/mol. The summed E-state index contributed by atoms with van der Waals surface area (Å²) in [6, 6.07) is 8.72. The van der Waals surface area contributed by atoms with Crippen LogP contribution in [-0.2, 0) is 4.74 Å². The standard InChI is InChI=1S/C23H33N3O/c1-6-9-23(18(4)19(5)26-14-16-27-17-15-26)25-22(7-2)20-10-12-21(13-11-20)24-8-3/h6,8-13,22,24-25H,1,3,7,14-17H2,2,4-5H3/b19-18+,23-9+. The van der Waals surface area contributed by atoms with Crippen LogP contribution in [0.4, 0.5) is 5.69 Å². The van der Waals surface area contributed by atoms with Gasteiger partial charge in [-0.15, -0.1) is 0 Å². The number of allylic oxidation sites excluding steroid dienone is 4. The number of nitrogens with one attached hydrogen (secondary N) is 2. The third kappa shape index (κ3) is 5.76. The van der Waals surface area contributed by atoms with Gasteiger partial charge < -0.3 is 20.3 Å². The second-order valence-corrected chi connectivity index (χ2v) is 6.70. The predicted octanol–water partition coefficient (Wildman–Crippen LogP) is 4.98. The van der Waals surface area contributed by atoms with E-state index in [1.807, 2.05) is 6.08 Å². The van der Waals surface area contributed by atoms with Crippen molar-refractivity contribution in [1.29, 1.82) is 0 Å². The average Bonchev–Trinajstić information content (AvgIpc) is 2.71. The van der Waals surface area contributed by atoms with Crippen LogP contribution in [0.1, 0.15) is 38.8 Å². The van der Waals surface area contributed by atoms with E-state index in [4.69, 9.17) is 4.74 Å². The molecule has 27 heavy (non-hydrogen) atoms. The zero-order valence-electron chi connectivity index (χ0n) is 16.9. The number of nitrogens with zero attached hydrogens (tertiary/aromatic N) is 1. The van der Waals surface area contributed by atoms with E-state index in [-0.39, 0.29) is 6.04 Å². The molecule has 1 aliphatic rings. The Labute approximate surface area is 164 Å². The molecule has 0 bridgehead atoms. The molecule has 1 aromatic rings. The first-order valence-electron chi connectivity index (χ1n) is 9.67. The Morgan fingerprint density at radius 3 is 2.41 bits per heavy atom. The molecule has 146 valence electrons. The van der Waals surface area contributed by atoms with Crippen molar-refractivity contribution >= 4 is 5.69 Å². The maximum absolute atomic E-state index is 5.48. The molecule has 0 radical (unpaired) electrons. The fraction of sp³-hybridized carbons (Fsp3) is 0.391. The van der Waals surface area contributed by atoms with Crippen LogP contribution in [0.5, 0.6) is 0 Å². The monoisotopic (exact) mass is 367 g/mol. The van der Waals surface area contributed by atoms with Gasteiger partial charge in [-0.1, -0.05) is 38.3 Å². The Kier molecular flexibility index (Phi) is 8.21. The molecule has 1 aliphatic heterocycles. The van der Waals surface area contributed by atoms with Crippen LogP contribution in [0.2, 0.25) is 0 Å². The van der Waals surface area contributed by atoms with E-state index < -0.39 is 0 Å². The minimum absolute atomic E-state index is 0.237. The van der Waals surface area contributed by atoms with Crippen LogP contribution in [0, 0.1) is 0 Å². The molecule has 0 aromatic heterocycles. The predicted molar refractivity (Wildman–Crippen MR) is 115 cm³/mol. The summed E-state index contributed by atoms with van der Waals surface area (Å²) in [6.07, 6.45) is 6.60. The van der Waals surface area contributed by atoms with E-state index in [2.05, 4.69) is 79.8 Å². The third-order valence-corrected chi connectivity index (χ3v) is 5.04. The van der Waals surface area contributed by atoms with Gasteiger partial charge in [0.05, 0.1) is 19.3 Å². The highest BCUT2D eigenvalue weighted by atomic mass is 16.5. The summed E-state index contributed by atoms with van der Waals surface area (Å²) in [5.74, 6) is 0. The molecule has 1 heterocycles. The Morgan fingerprint density at radius 1 is 1.19 bits per heavy atom. The fourth-order valence-corrected chi connectivity index (χ4v) is 3.27. The van der Waals surface area contributed by atoms with Gasteiger partial charge in [0.15, 0.2) is 0 Å². The Morgan fingerprint density at radius 2 is 1.85 bits per heavy atom. The van der Waals surface area contributed by atoms with Crippen LogP contribution in [0.15, 0.2) is 72.7 Å². The highest BCUT2D eigenvalue weighted by molar-refractivity contribution is 5.47. The normalized spacial score (nSPS) is 17.0. The number of benzene rings is 1. The van der Waals surface area contributed by atoms with Gasteiger partial charge in [0.25, 0.3) is 0 Å². The lowest BCUT2D eigenvalue weighted by atomic mass is 10.0. The summed E-state index contributed by atoms with van der Waals surface area (Å²) >= 11 is 0. The molecule has 1 saturated heterocycles. The lowest BCUT2D eigenvalue weighted by molar-refractivity contribution is 0.0533. The van der Waals surface area contributed by atoms with Gasteiger partial charge in [-0.3, -0.25) is 0 Å². The zero-order chi connectivity index (χ0) is 19.6. The molecular formula is C23H33N3O. The molecule has 2 N–H and O–H groups in total. The number of hydrogen-bond acceptors (Lipinski definition) is 4. The van der Waals surface area contributed by atoms with Gasteiger partial charge in [-0.2, -0.15) is 0 Å². The quantitative estimate of drug-likeness (QED) is 0.604. The number of morpholine rings is 1. The summed E-state index contributed by atoms with van der Waals surface area (Å²) < 4.78 is 5.48. The van der Waals surface area contributed by atoms with E-state index in [1.54, 1.807) is 6.20 Å². The van der Waals surface area contributed by atoms with Gasteiger partial charge in [0, 0.05) is 30.2 Å². The molecule has 0 spiro atoms. The highest BCUT2D eigenvalue weighted by Gasteiger charge is 2.16. The van der Waals surface area contributed by atoms with E-state index in [1.165, 1.54) is 16.8 Å². The average molecular weight is 368 g/mol. The molecule has 0 amide bonds. The molecule has 1 unspecified atom stereocenters. The lowest BCUT2D eigenvalue weighted by Gasteiger charge is -2.32. The smallest absolute Gasteiger partial charge is 0.0642 e. The van der Waals surface area contributed by atoms with E-state index >= 15 is 0 Å². The Hall–Kier alpha value is -2.46. The van der Waals surface area contributed by atoms with E-state index in [9.17, 15) is 0 Å². The van der Waals surface area contributed by atoms with Crippen molar-refractivity contribution in [2.24, 2.45) is 0 Å². The lowest BCUT2D eigenvalue weighted by Crippen LogP contribution is -2.36. The van der Waals surface area contributed by atoms with Crippen LogP contribution >= 0.6 is 0 Å². The molecule has 1 aromatic carbocycles. The van der Waals surface area contributed by atoms with E-state index in [0.29, 0.717) is 0 Å². The van der Waals surface area contributed by atoms with Crippen molar-refractivity contribution in [3.8, 4) is 0 Å². The number of ether oxygens (including phenoxy) is 1. The van der Waals surface area contributed by atoms with Gasteiger partial charge in [0.1, 0.15) is 0 Å². The van der Waals surface area contributed by atoms with Gasteiger partial charge in [0.2, 0.25) is 0 Å². The maximum atomic E-state index is 5.48. The summed E-state index contributed by atoms with van der Waals surface area (Å²) in [5.41, 5.74) is 5.97. The minimum atomic E-state index is 0.237. The van der Waals surface area contributed by atoms with Crippen LogP contribution in [0.25, 0.3) is 0 Å². The summed E-state index contributed by atoms with van der Waals surface area (Å²) in [4.78, 5) is 2.40. The Balaban J connectivity index is 2.20. The SMILES string of the molecule is C=C/C=C(NC(CC)c1ccc(NC=C)cc1)\C(C)=C(/C)N1CCOCC1. The van der Waals surface area contributed by atoms with Gasteiger partial charge in [-0.25, -0.2) is 0 Å². The summed E-state index contributed by atoms with van der Waals surface area (Å²) in [6.45, 7) is 17.7. The van der Waals surface area contributed by atoms with Crippen LogP contribution in [-0.4, -0.2) is 31.2 Å². The fourth-order valence-electron chi connectivity index (χ4n) is 3.27. The first-order valence-corrected chi connectivity index (χ1v) is 9.67. The van der Waals surface area contributed by atoms with Crippen molar-refractivity contribution in [1.82, 2.24) is 10.2 Å². The topological polar surface area (TPSA) is 36.5 Å². The first-order chi connectivity index (χ1) is 13.1. The van der Waals surface area contributed by atoms with Crippen molar-refractivity contribution < 1.29 is 4.74 Å². The maximum Gasteiger partial charge on any atom is 0.0642 e. The molecule has 0 aliphatic carbocycles. The van der Waals surface area contributed by atoms with Gasteiger partial charge >= 0.3 is 0 Å². The van der Waals surface area contributed by atoms with Gasteiger partial charge in [-0.05, 0) is 55.8 Å². The zero-order valence-corrected chi connectivity index (χ0v) is 16.9. The molecule has 1 atom stereocenters. The molecule has 4 heteroatoms. The molecule has 1 fully saturated rings. The van der Waals surface area contributed by atoms with Crippen molar-refractivity contribution in [3.63, 3.8) is 0 Å². The van der Waals surface area contributed by atoms with Crippen LogP contribution in [0.3, 0.4) is 0 Å². The number of anilines is 1. The minimum Gasteiger partial charge on any atom is -0.378 e. The number of hydrogen-bond donors (Lipinski definition) is 2.